The molecular formula is C32H39ClN4O3. The highest BCUT2D eigenvalue weighted by atomic mass is 35.5. The molecule has 0 bridgehead atoms. The second kappa shape index (κ2) is 12.2. The summed E-state index contributed by atoms with van der Waals surface area (Å²) in [6, 6.07) is 11.9. The number of likely N-dealkylation sites (tertiary alicyclic amines) is 1. The van der Waals surface area contributed by atoms with Crippen LogP contribution in [0.15, 0.2) is 66.4 Å². The van der Waals surface area contributed by atoms with Crippen LogP contribution in [-0.4, -0.2) is 66.1 Å². The van der Waals surface area contributed by atoms with E-state index in [4.69, 9.17) is 22.1 Å². The van der Waals surface area contributed by atoms with Crippen molar-refractivity contribution in [2.75, 3.05) is 38.5 Å². The fourth-order valence-electron chi connectivity index (χ4n) is 5.82. The van der Waals surface area contributed by atoms with E-state index in [1.807, 2.05) is 50.4 Å². The number of hydrogen-bond acceptors (Lipinski definition) is 7. The molecule has 4 N–H and O–H groups in total. The van der Waals surface area contributed by atoms with Crippen molar-refractivity contribution in [2.45, 2.75) is 50.9 Å². The number of halogens is 1. The lowest BCUT2D eigenvalue weighted by Crippen LogP contribution is -2.38. The molecule has 1 saturated heterocycles. The van der Waals surface area contributed by atoms with Crippen LogP contribution in [0.2, 0.25) is 5.02 Å². The van der Waals surface area contributed by atoms with Gasteiger partial charge in [-0.1, -0.05) is 35.9 Å². The molecule has 2 aromatic carbocycles. The van der Waals surface area contributed by atoms with Gasteiger partial charge in [0.2, 0.25) is 0 Å². The maximum atomic E-state index is 11.5. The van der Waals surface area contributed by atoms with Gasteiger partial charge in [-0.15, -0.1) is 0 Å². The predicted octanol–water partition coefficient (Wildman–Crippen LogP) is 4.50. The first kappa shape index (κ1) is 28.4. The van der Waals surface area contributed by atoms with Gasteiger partial charge in [0, 0.05) is 41.9 Å². The topological polar surface area (TPSA) is 91.1 Å². The molecule has 3 aliphatic rings. The molecule has 0 radical (unpaired) electrons. The number of nitrogens with zero attached hydrogens (tertiary/aromatic N) is 2. The van der Waals surface area contributed by atoms with Crippen LogP contribution in [0.5, 0.6) is 5.75 Å². The molecule has 1 unspecified atom stereocenters. The van der Waals surface area contributed by atoms with Crippen LogP contribution < -0.4 is 15.8 Å². The Kier molecular flexibility index (Phi) is 8.66. The molecule has 2 aromatic rings. The number of fused-ring (bicyclic) bond motifs is 2. The second-order valence-corrected chi connectivity index (χ2v) is 11.8. The van der Waals surface area contributed by atoms with Gasteiger partial charge in [0.05, 0.1) is 18.2 Å². The standard InChI is InChI=1S/C32H39ClN4O3/c1-32(2,39)23-8-10-31-28(17-23)26(27-5-3-12-35-30(27)21-40-31)6-4-13-36-14-11-25(20-36)37(15-16-38)19-22-7-9-24(33)18-29(22)34/h3,5-10,12,16-18,25,30,35,39H,4,11,13-15,19-21,34H2,1-2H3/b26-6+/t25-,30?/m1/s1. The Morgan fingerprint density at radius 2 is 2.12 bits per heavy atom. The van der Waals surface area contributed by atoms with Crippen molar-refractivity contribution in [1.82, 2.24) is 15.1 Å². The van der Waals surface area contributed by atoms with E-state index in [0.717, 1.165) is 66.8 Å². The molecular weight excluding hydrogens is 524 g/mol. The van der Waals surface area contributed by atoms with Crippen molar-refractivity contribution in [1.29, 1.82) is 0 Å². The van der Waals surface area contributed by atoms with Crippen LogP contribution in [0.3, 0.4) is 0 Å². The number of rotatable bonds is 9. The fraction of sp³-hybridized carbons (Fsp3) is 0.406. The number of carbonyl (C=O) groups is 1. The van der Waals surface area contributed by atoms with Crippen LogP contribution in [-0.2, 0) is 16.9 Å². The van der Waals surface area contributed by atoms with E-state index < -0.39 is 5.60 Å². The predicted molar refractivity (Wildman–Crippen MR) is 161 cm³/mol. The third-order valence-corrected chi connectivity index (χ3v) is 8.32. The van der Waals surface area contributed by atoms with E-state index in [0.29, 0.717) is 30.4 Å². The Morgan fingerprint density at radius 3 is 2.90 bits per heavy atom. The Hall–Kier alpha value is -3.10. The highest BCUT2D eigenvalue weighted by molar-refractivity contribution is 6.30. The van der Waals surface area contributed by atoms with E-state index in [1.54, 1.807) is 6.07 Å². The summed E-state index contributed by atoms with van der Waals surface area (Å²) in [5.74, 6) is 0.837. The van der Waals surface area contributed by atoms with Gasteiger partial charge in [0.1, 0.15) is 18.6 Å². The molecule has 8 heteroatoms. The Balaban J connectivity index is 1.31. The summed E-state index contributed by atoms with van der Waals surface area (Å²) in [5, 5.41) is 14.7. The Labute approximate surface area is 241 Å². The highest BCUT2D eigenvalue weighted by Crippen LogP contribution is 2.39. The number of allylic oxidation sites excluding steroid dienone is 2. The summed E-state index contributed by atoms with van der Waals surface area (Å²) < 4.78 is 6.20. The smallest absolute Gasteiger partial charge is 0.134 e. The quantitative estimate of drug-likeness (QED) is 0.306. The third-order valence-electron chi connectivity index (χ3n) is 8.09. The maximum absolute atomic E-state index is 11.5. The number of anilines is 1. The molecule has 212 valence electrons. The monoisotopic (exact) mass is 562 g/mol. The number of nitrogen functional groups attached to an aromatic ring is 1. The minimum Gasteiger partial charge on any atom is -0.490 e. The molecule has 0 spiro atoms. The van der Waals surface area contributed by atoms with Crippen LogP contribution in [0, 0.1) is 0 Å². The summed E-state index contributed by atoms with van der Waals surface area (Å²) in [6.07, 6.45) is 11.3. The van der Waals surface area contributed by atoms with Crippen molar-refractivity contribution in [3.8, 4) is 5.75 Å². The summed E-state index contributed by atoms with van der Waals surface area (Å²) in [4.78, 5) is 16.2. The molecule has 0 amide bonds. The lowest BCUT2D eigenvalue weighted by molar-refractivity contribution is -0.109. The normalized spacial score (nSPS) is 21.8. The van der Waals surface area contributed by atoms with Crippen LogP contribution in [0.25, 0.3) is 5.57 Å². The van der Waals surface area contributed by atoms with Gasteiger partial charge in [-0.2, -0.15) is 0 Å². The van der Waals surface area contributed by atoms with Crippen molar-refractivity contribution >= 4 is 29.1 Å². The minimum atomic E-state index is -0.945. The third kappa shape index (κ3) is 6.44. The molecule has 0 saturated carbocycles. The van der Waals surface area contributed by atoms with Crippen molar-refractivity contribution in [2.24, 2.45) is 0 Å². The van der Waals surface area contributed by atoms with Gasteiger partial charge in [-0.25, -0.2) is 0 Å². The average molecular weight is 563 g/mol. The molecule has 1 fully saturated rings. The number of nitrogens with one attached hydrogen (secondary N) is 1. The maximum Gasteiger partial charge on any atom is 0.134 e. The van der Waals surface area contributed by atoms with Gasteiger partial charge in [0.25, 0.3) is 0 Å². The zero-order chi connectivity index (χ0) is 28.3. The molecule has 5 rings (SSSR count). The SMILES string of the molecule is CC(C)(O)c1ccc2c(c1)/C(=C/CCN1CC[C@@H](N(CC=O)Cc3ccc(Cl)cc3N)C1)C1=CC=CNC1CO2. The number of aliphatic hydroxyl groups is 1. The molecule has 3 heterocycles. The van der Waals surface area contributed by atoms with Gasteiger partial charge in [-0.05, 0) is 92.0 Å². The molecule has 3 aliphatic heterocycles. The largest absolute Gasteiger partial charge is 0.490 e. The number of nitrogens with two attached hydrogens (primary N) is 1. The zero-order valence-electron chi connectivity index (χ0n) is 23.3. The summed E-state index contributed by atoms with van der Waals surface area (Å²) in [5.41, 5.74) is 11.1. The minimum absolute atomic E-state index is 0.0719. The van der Waals surface area contributed by atoms with E-state index in [-0.39, 0.29) is 12.1 Å². The lowest BCUT2D eigenvalue weighted by Gasteiger charge is -2.28. The van der Waals surface area contributed by atoms with Crippen LogP contribution >= 0.6 is 11.6 Å². The number of carbonyl (C=O) groups excluding carboxylic acids is 1. The summed E-state index contributed by atoms with van der Waals surface area (Å²) >= 11 is 6.08. The second-order valence-electron chi connectivity index (χ2n) is 11.4. The summed E-state index contributed by atoms with van der Waals surface area (Å²) in [6.45, 7) is 7.96. The van der Waals surface area contributed by atoms with Crippen LogP contribution in [0.4, 0.5) is 5.69 Å². The first-order valence-electron chi connectivity index (χ1n) is 14.0. The Morgan fingerprint density at radius 1 is 1.27 bits per heavy atom. The zero-order valence-corrected chi connectivity index (χ0v) is 24.0. The van der Waals surface area contributed by atoms with E-state index in [2.05, 4.69) is 33.3 Å². The summed E-state index contributed by atoms with van der Waals surface area (Å²) in [7, 11) is 0. The first-order chi connectivity index (χ1) is 19.2. The molecule has 2 atom stereocenters. The fourth-order valence-corrected chi connectivity index (χ4v) is 6.00. The Bertz CT molecular complexity index is 1330. The van der Waals surface area contributed by atoms with Crippen LogP contribution in [0.1, 0.15) is 43.4 Å². The van der Waals surface area contributed by atoms with Crippen molar-refractivity contribution in [3.63, 3.8) is 0 Å². The molecule has 0 aliphatic carbocycles. The number of dihydropyridines is 1. The number of ether oxygens (including phenoxy) is 1. The molecule has 7 nitrogen and oxygen atoms in total. The van der Waals surface area contributed by atoms with Gasteiger partial charge in [0.15, 0.2) is 0 Å². The van der Waals surface area contributed by atoms with E-state index >= 15 is 0 Å². The average Bonchev–Trinajstić information content (AvgIpc) is 3.33. The number of aldehydes is 1. The number of benzene rings is 2. The van der Waals surface area contributed by atoms with Gasteiger partial charge in [-0.3, -0.25) is 4.90 Å². The molecule has 0 aromatic heterocycles. The van der Waals surface area contributed by atoms with Crippen molar-refractivity contribution < 1.29 is 14.6 Å². The van der Waals surface area contributed by atoms with Gasteiger partial charge >= 0.3 is 0 Å². The molecule has 40 heavy (non-hydrogen) atoms. The van der Waals surface area contributed by atoms with E-state index in [1.165, 1.54) is 5.57 Å². The van der Waals surface area contributed by atoms with Gasteiger partial charge < -0.3 is 30.6 Å². The lowest BCUT2D eigenvalue weighted by atomic mass is 9.88. The van der Waals surface area contributed by atoms with Crippen molar-refractivity contribution in [3.05, 3.63) is 88.1 Å². The highest BCUT2D eigenvalue weighted by Gasteiger charge is 2.30. The first-order valence-corrected chi connectivity index (χ1v) is 14.4. The van der Waals surface area contributed by atoms with E-state index in [9.17, 15) is 9.90 Å². The number of hydrogen-bond donors (Lipinski definition) is 3.